The van der Waals surface area contributed by atoms with Crippen molar-refractivity contribution in [2.75, 3.05) is 5.32 Å². The number of hydrogen-bond acceptors (Lipinski definition) is 3. The van der Waals surface area contributed by atoms with Gasteiger partial charge in [-0.25, -0.2) is 0 Å². The second-order valence-electron chi connectivity index (χ2n) is 7.53. The first-order chi connectivity index (χ1) is 12.1. The van der Waals surface area contributed by atoms with Crippen LogP contribution in [0.5, 0.6) is 0 Å². The van der Waals surface area contributed by atoms with Gasteiger partial charge >= 0.3 is 0 Å². The first kappa shape index (κ1) is 17.7. The SMILES string of the molecule is CC1CC2CCCC(C2)C1NC(=O)CCn1cccc(NC=O)c1=O. The Hall–Kier alpha value is -2.11. The van der Waals surface area contributed by atoms with Crippen LogP contribution >= 0.6 is 0 Å². The summed E-state index contributed by atoms with van der Waals surface area (Å²) in [5, 5.41) is 5.61. The molecule has 4 unspecified atom stereocenters. The number of nitrogens with zero attached hydrogens (tertiary/aromatic N) is 1. The van der Waals surface area contributed by atoms with Crippen LogP contribution in [0.2, 0.25) is 0 Å². The van der Waals surface area contributed by atoms with Gasteiger partial charge in [0.05, 0.1) is 0 Å². The first-order valence-corrected chi connectivity index (χ1v) is 9.27. The predicted molar refractivity (Wildman–Crippen MR) is 96.2 cm³/mol. The molecule has 2 saturated carbocycles. The van der Waals surface area contributed by atoms with Gasteiger partial charge in [-0.05, 0) is 49.1 Å². The highest BCUT2D eigenvalue weighted by Crippen LogP contribution is 2.42. The molecule has 0 radical (unpaired) electrons. The Kier molecular flexibility index (Phi) is 5.56. The molecule has 6 heteroatoms. The van der Waals surface area contributed by atoms with Gasteiger partial charge in [-0.3, -0.25) is 14.4 Å². The van der Waals surface area contributed by atoms with Crippen molar-refractivity contribution in [3.8, 4) is 0 Å². The molecule has 6 nitrogen and oxygen atoms in total. The van der Waals surface area contributed by atoms with E-state index < -0.39 is 0 Å². The molecule has 25 heavy (non-hydrogen) atoms. The van der Waals surface area contributed by atoms with Gasteiger partial charge in [0.25, 0.3) is 5.56 Å². The quantitative estimate of drug-likeness (QED) is 0.775. The normalized spacial score (nSPS) is 28.2. The van der Waals surface area contributed by atoms with Crippen molar-refractivity contribution in [3.63, 3.8) is 0 Å². The van der Waals surface area contributed by atoms with Crippen molar-refractivity contribution in [2.24, 2.45) is 17.8 Å². The number of carbonyl (C=O) groups is 2. The molecule has 2 aliphatic carbocycles. The molecule has 2 bridgehead atoms. The highest BCUT2D eigenvalue weighted by atomic mass is 16.2. The van der Waals surface area contributed by atoms with Crippen molar-refractivity contribution in [1.29, 1.82) is 0 Å². The van der Waals surface area contributed by atoms with Crippen LogP contribution in [-0.2, 0) is 16.1 Å². The van der Waals surface area contributed by atoms with E-state index in [4.69, 9.17) is 0 Å². The van der Waals surface area contributed by atoms with E-state index >= 15 is 0 Å². The Bertz CT molecular complexity index is 683. The molecule has 2 aliphatic rings. The molecule has 1 aromatic rings. The molecule has 3 rings (SSSR count). The van der Waals surface area contributed by atoms with Crippen LogP contribution in [0.25, 0.3) is 0 Å². The Labute approximate surface area is 148 Å². The molecule has 0 spiro atoms. The zero-order chi connectivity index (χ0) is 17.8. The van der Waals surface area contributed by atoms with Gasteiger partial charge in [0.15, 0.2) is 0 Å². The van der Waals surface area contributed by atoms with Gasteiger partial charge in [-0.15, -0.1) is 0 Å². The third-order valence-electron chi connectivity index (χ3n) is 5.79. The minimum atomic E-state index is -0.288. The maximum Gasteiger partial charge on any atom is 0.274 e. The first-order valence-electron chi connectivity index (χ1n) is 9.27. The summed E-state index contributed by atoms with van der Waals surface area (Å²) in [5.41, 5.74) is -0.0596. The number of rotatable bonds is 6. The molecule has 1 heterocycles. The molecule has 0 aromatic carbocycles. The third-order valence-corrected chi connectivity index (χ3v) is 5.79. The fraction of sp³-hybridized carbons (Fsp3) is 0.632. The number of hydrogen-bond donors (Lipinski definition) is 2. The summed E-state index contributed by atoms with van der Waals surface area (Å²) in [6.45, 7) is 2.56. The topological polar surface area (TPSA) is 80.2 Å². The summed E-state index contributed by atoms with van der Waals surface area (Å²) in [6.07, 6.45) is 8.68. The molecular formula is C19H27N3O3. The Morgan fingerprint density at radius 1 is 1.36 bits per heavy atom. The fourth-order valence-electron chi connectivity index (χ4n) is 4.64. The number of pyridine rings is 1. The summed E-state index contributed by atoms with van der Waals surface area (Å²) in [7, 11) is 0. The zero-order valence-corrected chi connectivity index (χ0v) is 14.7. The van der Waals surface area contributed by atoms with Crippen molar-refractivity contribution in [3.05, 3.63) is 28.7 Å². The molecule has 2 N–H and O–H groups in total. The van der Waals surface area contributed by atoms with Gasteiger partial charge in [0, 0.05) is 25.2 Å². The average molecular weight is 345 g/mol. The van der Waals surface area contributed by atoms with Crippen LogP contribution in [0, 0.1) is 17.8 Å². The molecule has 0 saturated heterocycles. The van der Waals surface area contributed by atoms with E-state index in [9.17, 15) is 14.4 Å². The zero-order valence-electron chi connectivity index (χ0n) is 14.7. The lowest BCUT2D eigenvalue weighted by molar-refractivity contribution is -0.123. The molecule has 136 valence electrons. The van der Waals surface area contributed by atoms with Gasteiger partial charge in [0.1, 0.15) is 5.69 Å². The number of nitrogens with one attached hydrogen (secondary N) is 2. The van der Waals surface area contributed by atoms with E-state index in [1.807, 2.05) is 0 Å². The monoisotopic (exact) mass is 345 g/mol. The fourth-order valence-corrected chi connectivity index (χ4v) is 4.64. The van der Waals surface area contributed by atoms with E-state index in [1.165, 1.54) is 36.7 Å². The minimum absolute atomic E-state index is 0.00141. The van der Waals surface area contributed by atoms with E-state index in [0.29, 0.717) is 24.8 Å². The van der Waals surface area contributed by atoms with Crippen LogP contribution in [0.4, 0.5) is 5.69 Å². The largest absolute Gasteiger partial charge is 0.353 e. The number of amides is 2. The standard InChI is InChI=1S/C19H27N3O3/c1-13-10-14-4-2-5-15(11-14)18(13)21-17(24)7-9-22-8-3-6-16(19(22)25)20-12-23/h3,6,8,12-15,18H,2,4-5,7,9-11H2,1H3,(H,20,23)(H,21,24). The Balaban J connectivity index is 1.57. The lowest BCUT2D eigenvalue weighted by atomic mass is 9.65. The van der Waals surface area contributed by atoms with Crippen molar-refractivity contribution >= 4 is 18.0 Å². The van der Waals surface area contributed by atoms with Gasteiger partial charge in [-0.1, -0.05) is 19.8 Å². The van der Waals surface area contributed by atoms with Crippen molar-refractivity contribution in [1.82, 2.24) is 9.88 Å². The number of carbonyl (C=O) groups excluding carboxylic acids is 2. The molecule has 2 fully saturated rings. The smallest absolute Gasteiger partial charge is 0.274 e. The van der Waals surface area contributed by atoms with Crippen LogP contribution in [-0.4, -0.2) is 22.9 Å². The van der Waals surface area contributed by atoms with Gasteiger partial charge in [-0.2, -0.15) is 0 Å². The highest BCUT2D eigenvalue weighted by Gasteiger charge is 2.38. The van der Waals surface area contributed by atoms with Crippen LogP contribution in [0.15, 0.2) is 23.1 Å². The minimum Gasteiger partial charge on any atom is -0.353 e. The van der Waals surface area contributed by atoms with Crippen molar-refractivity contribution in [2.45, 2.75) is 58.0 Å². The summed E-state index contributed by atoms with van der Waals surface area (Å²) < 4.78 is 1.46. The van der Waals surface area contributed by atoms with E-state index in [-0.39, 0.29) is 29.6 Å². The van der Waals surface area contributed by atoms with E-state index in [2.05, 4.69) is 17.6 Å². The summed E-state index contributed by atoms with van der Waals surface area (Å²) in [5.74, 6) is 1.97. The predicted octanol–water partition coefficient (Wildman–Crippen LogP) is 2.14. The number of aromatic nitrogens is 1. The third kappa shape index (κ3) is 4.11. The van der Waals surface area contributed by atoms with E-state index in [1.54, 1.807) is 18.3 Å². The van der Waals surface area contributed by atoms with Crippen LogP contribution in [0.3, 0.4) is 0 Å². The maximum atomic E-state index is 12.4. The lowest BCUT2D eigenvalue weighted by Gasteiger charge is -2.44. The Morgan fingerprint density at radius 3 is 3.00 bits per heavy atom. The number of aryl methyl sites for hydroxylation is 1. The summed E-state index contributed by atoms with van der Waals surface area (Å²) >= 11 is 0. The number of anilines is 1. The maximum absolute atomic E-state index is 12.4. The van der Waals surface area contributed by atoms with Gasteiger partial charge < -0.3 is 15.2 Å². The summed E-state index contributed by atoms with van der Waals surface area (Å²) in [4.78, 5) is 35.1. The van der Waals surface area contributed by atoms with Crippen LogP contribution in [0.1, 0.15) is 45.4 Å². The molecular weight excluding hydrogens is 318 g/mol. The molecule has 2 amide bonds. The number of fused-ring (bicyclic) bond motifs is 2. The lowest BCUT2D eigenvalue weighted by Crippen LogP contribution is -2.49. The molecule has 4 atom stereocenters. The van der Waals surface area contributed by atoms with Crippen LogP contribution < -0.4 is 16.2 Å². The van der Waals surface area contributed by atoms with Crippen molar-refractivity contribution < 1.29 is 9.59 Å². The summed E-state index contributed by atoms with van der Waals surface area (Å²) in [6, 6.07) is 3.51. The molecule has 0 aliphatic heterocycles. The second-order valence-corrected chi connectivity index (χ2v) is 7.53. The molecule has 1 aromatic heterocycles. The second kappa shape index (κ2) is 7.85. The highest BCUT2D eigenvalue weighted by molar-refractivity contribution is 5.76. The van der Waals surface area contributed by atoms with E-state index in [0.717, 1.165) is 5.92 Å². The average Bonchev–Trinajstić information content (AvgIpc) is 2.60. The Morgan fingerprint density at radius 2 is 2.20 bits per heavy atom. The van der Waals surface area contributed by atoms with Gasteiger partial charge in [0.2, 0.25) is 12.3 Å².